The van der Waals surface area contributed by atoms with E-state index in [2.05, 4.69) is 8.80 Å². The van der Waals surface area contributed by atoms with Crippen molar-refractivity contribution in [1.29, 1.82) is 0 Å². The van der Waals surface area contributed by atoms with Crippen LogP contribution >= 0.6 is 0 Å². The van der Waals surface area contributed by atoms with Gasteiger partial charge in [-0.3, -0.25) is 0 Å². The summed E-state index contributed by atoms with van der Waals surface area (Å²) >= 11 is 0. The molecule has 2 rings (SSSR count). The first-order chi connectivity index (χ1) is 25.5. The molecule has 2 aromatic carbocycles. The predicted octanol–water partition coefficient (Wildman–Crippen LogP) is -11.1. The summed E-state index contributed by atoms with van der Waals surface area (Å²) in [5.41, 5.74) is -11.0. The molecule has 0 fully saturated rings. The van der Waals surface area contributed by atoms with Crippen LogP contribution in [-0.2, 0) is 40.1 Å². The summed E-state index contributed by atoms with van der Waals surface area (Å²) < 4.78 is 290. The smallest absolute Gasteiger partial charge is 0.861 e. The molecule has 16 nitrogen and oxygen atoms in total. The molecule has 0 spiro atoms. The summed E-state index contributed by atoms with van der Waals surface area (Å²) in [6.07, 6.45) is 0. The number of hydrogen-bond donors (Lipinski definition) is 0. The Morgan fingerprint density at radius 3 is 0.613 bits per heavy atom. The van der Waals surface area contributed by atoms with Crippen molar-refractivity contribution in [2.24, 2.45) is 17.6 Å². The van der Waals surface area contributed by atoms with Crippen LogP contribution in [0.4, 0.5) is 70.2 Å². The molecule has 0 atom stereocenters. The fourth-order valence-electron chi connectivity index (χ4n) is 2.49. The van der Waals surface area contributed by atoms with Gasteiger partial charge in [-0.05, 0) is 51.3 Å². The van der Waals surface area contributed by atoms with Crippen molar-refractivity contribution in [2.45, 2.75) is 48.5 Å². The normalized spacial score (nSPS) is 12.8. The standard InChI is InChI=1S/2C8H4F5NO3S.2C3H4F3NO3S.4Li/c2*1-2(15)14-18(16,17)8-6(12)4(10)3(9)5(11)7(8)13;2*1-2(8)7-11(9,10)3(4,5)6;;;;/h2*1H3,(H,14,15);2*1H3,(H,7,8);;;;/q;;;;4*+1/p-4. The van der Waals surface area contributed by atoms with E-state index in [4.69, 9.17) is 0 Å². The third kappa shape index (κ3) is 20.1. The van der Waals surface area contributed by atoms with Crippen molar-refractivity contribution < 1.29 is 200 Å². The van der Waals surface area contributed by atoms with Gasteiger partial charge in [0.2, 0.25) is 11.6 Å². The molecule has 0 aliphatic rings. The van der Waals surface area contributed by atoms with Crippen LogP contribution in [0, 0.1) is 58.2 Å². The fraction of sp³-hybridized carbons (Fsp3) is 0.273. The van der Waals surface area contributed by atoms with E-state index >= 15 is 0 Å². The number of hydrogen-bond acceptors (Lipinski definition) is 12. The van der Waals surface area contributed by atoms with Gasteiger partial charge in [0.15, 0.2) is 56.3 Å². The van der Waals surface area contributed by atoms with Crippen molar-refractivity contribution in [1.82, 2.24) is 0 Å². The maximum atomic E-state index is 13.1. The largest absolute Gasteiger partial charge is 1.00 e. The molecule has 62 heavy (non-hydrogen) atoms. The number of halogens is 16. The van der Waals surface area contributed by atoms with Gasteiger partial charge < -0.3 is 20.4 Å². The van der Waals surface area contributed by atoms with Gasteiger partial charge in [0, 0.05) is 0 Å². The van der Waals surface area contributed by atoms with E-state index in [0.29, 0.717) is 27.7 Å². The molecule has 0 unspecified atom stereocenters. The van der Waals surface area contributed by atoms with Crippen LogP contribution in [0.1, 0.15) is 27.7 Å². The van der Waals surface area contributed by atoms with E-state index < -0.39 is 143 Å². The molecule has 0 aliphatic heterocycles. The number of sulfonamides is 4. The molecule has 0 amide bonds. The minimum Gasteiger partial charge on any atom is -0.861 e. The number of alkyl halides is 6. The quantitative estimate of drug-likeness (QED) is 0.0652. The summed E-state index contributed by atoms with van der Waals surface area (Å²) in [5, 5.41) is 40.6. The first-order valence-electron chi connectivity index (χ1n) is 12.6. The van der Waals surface area contributed by atoms with Gasteiger partial charge >= 0.3 is 107 Å². The first-order valence-corrected chi connectivity index (χ1v) is 18.4. The zero-order valence-electron chi connectivity index (χ0n) is 31.4. The molecule has 0 saturated carbocycles. The zero-order chi connectivity index (χ0) is 47.1. The van der Waals surface area contributed by atoms with E-state index in [1.54, 1.807) is 0 Å². The fourth-order valence-corrected chi connectivity index (χ4v) is 5.50. The monoisotopic (exact) mass is 984 g/mol. The SMILES string of the molecule is CC([O-])=NS(=O)(=O)C(F)(F)F.CC([O-])=NS(=O)(=O)C(F)(F)F.CC([O-])=NS(=O)(=O)c1c(F)c(F)c(F)c(F)c1F.CC([O-])=NS(=O)(=O)c1c(F)c(F)c(F)c(F)c1F.[Li+].[Li+].[Li+].[Li+]. The van der Waals surface area contributed by atoms with Crippen LogP contribution in [0.25, 0.3) is 0 Å². The van der Waals surface area contributed by atoms with Crippen molar-refractivity contribution in [3.8, 4) is 0 Å². The Kier molecular flexibility index (Phi) is 30.2. The molecule has 0 radical (unpaired) electrons. The maximum Gasteiger partial charge on any atom is 1.00 e. The van der Waals surface area contributed by atoms with Crippen molar-refractivity contribution in [3.05, 3.63) is 58.2 Å². The van der Waals surface area contributed by atoms with Gasteiger partial charge in [-0.15, -0.1) is 0 Å². The summed E-state index contributed by atoms with van der Waals surface area (Å²) in [5.74, 6) is -30.6. The minimum absolute atomic E-state index is 0. The summed E-state index contributed by atoms with van der Waals surface area (Å²) in [6, 6.07) is 0. The van der Waals surface area contributed by atoms with Gasteiger partial charge in [0.05, 0.1) is 0 Å². The molecule has 0 N–H and O–H groups in total. The Bertz CT molecular complexity index is 2250. The number of rotatable bonds is 6. The first kappa shape index (κ1) is 71.0. The van der Waals surface area contributed by atoms with Crippen LogP contribution < -0.4 is 95.9 Å². The molecule has 0 saturated heterocycles. The van der Waals surface area contributed by atoms with Gasteiger partial charge in [-0.25, -0.2) is 43.9 Å². The minimum atomic E-state index is -5.62. The summed E-state index contributed by atoms with van der Waals surface area (Å²) in [7, 11) is -21.9. The molecule has 0 heterocycles. The topological polar surface area (TPSA) is 278 Å². The van der Waals surface area contributed by atoms with E-state index in [1.807, 2.05) is 8.80 Å². The van der Waals surface area contributed by atoms with E-state index in [9.17, 15) is 124 Å². The molecule has 332 valence electrons. The predicted molar refractivity (Wildman–Crippen MR) is 149 cm³/mol. The molecule has 0 aromatic heterocycles. The summed E-state index contributed by atoms with van der Waals surface area (Å²) in [6.45, 7) is 2.49. The molecule has 0 bridgehead atoms. The van der Waals surface area contributed by atoms with Gasteiger partial charge in [-0.1, -0.05) is 0 Å². The Labute approximate surface area is 385 Å². The Morgan fingerprint density at radius 1 is 0.355 bits per heavy atom. The second-order valence-electron chi connectivity index (χ2n) is 9.03. The van der Waals surface area contributed by atoms with Crippen molar-refractivity contribution in [3.63, 3.8) is 0 Å². The molecule has 0 aliphatic carbocycles. The van der Waals surface area contributed by atoms with Crippen LogP contribution in [0.3, 0.4) is 0 Å². The zero-order valence-corrected chi connectivity index (χ0v) is 34.6. The van der Waals surface area contributed by atoms with E-state index in [0.717, 1.165) is 0 Å². The Hall–Kier alpha value is -2.61. The van der Waals surface area contributed by atoms with Crippen LogP contribution in [0.15, 0.2) is 27.4 Å². The van der Waals surface area contributed by atoms with Crippen LogP contribution in [0.2, 0.25) is 0 Å². The Morgan fingerprint density at radius 2 is 0.500 bits per heavy atom. The third-order valence-electron chi connectivity index (χ3n) is 4.43. The number of benzene rings is 2. The Balaban J connectivity index is -0.000000169. The van der Waals surface area contributed by atoms with Gasteiger partial charge in [-0.2, -0.15) is 77.6 Å². The summed E-state index contributed by atoms with van der Waals surface area (Å²) in [4.78, 5) is -4.32. The average Bonchev–Trinajstić information content (AvgIpc) is 2.98. The maximum absolute atomic E-state index is 13.1. The third-order valence-corrected chi connectivity index (χ3v) is 9.34. The number of nitrogens with zero attached hydrogens (tertiary/aromatic N) is 4. The van der Waals surface area contributed by atoms with Gasteiger partial charge in [0.1, 0.15) is 0 Å². The van der Waals surface area contributed by atoms with Crippen molar-refractivity contribution in [2.75, 3.05) is 0 Å². The second kappa shape index (κ2) is 26.4. The second-order valence-corrected chi connectivity index (χ2v) is 15.3. The van der Waals surface area contributed by atoms with E-state index in [1.165, 1.54) is 0 Å². The van der Waals surface area contributed by atoms with Crippen LogP contribution in [-0.4, -0.2) is 68.3 Å². The molecular weight excluding hydrogens is 972 g/mol. The van der Waals surface area contributed by atoms with Gasteiger partial charge in [0.25, 0.3) is 20.0 Å². The average molecular weight is 984 g/mol. The molecule has 2 aromatic rings. The van der Waals surface area contributed by atoms with Crippen molar-refractivity contribution >= 4 is 63.7 Å². The molecular formula is C22H12F16Li4N4O12S4. The molecule has 40 heteroatoms. The van der Waals surface area contributed by atoms with Crippen LogP contribution in [0.5, 0.6) is 0 Å². The van der Waals surface area contributed by atoms with E-state index in [-0.39, 0.29) is 75.4 Å².